The Labute approximate surface area is 227 Å². The maximum atomic E-state index is 12.3. The molecule has 12 heteroatoms. The summed E-state index contributed by atoms with van der Waals surface area (Å²) in [5, 5.41) is 9.73. The number of hydrogen-bond donors (Lipinski definition) is 3. The van der Waals surface area contributed by atoms with E-state index in [1.54, 1.807) is 55.5 Å². The number of hydrogen-bond acceptors (Lipinski definition) is 6. The average Bonchev–Trinajstić information content (AvgIpc) is 2.87. The van der Waals surface area contributed by atoms with Gasteiger partial charge >= 0.3 is 11.8 Å². The molecule has 3 N–H and O–H groups in total. The number of anilines is 2. The van der Waals surface area contributed by atoms with Crippen molar-refractivity contribution in [3.05, 3.63) is 81.3 Å². The lowest BCUT2D eigenvalue weighted by atomic mass is 10.2. The van der Waals surface area contributed by atoms with E-state index >= 15 is 0 Å². The number of nitrogens with zero attached hydrogens (tertiary/aromatic N) is 1. The molecule has 3 aromatic carbocycles. The number of rotatable bonds is 9. The van der Waals surface area contributed by atoms with Crippen molar-refractivity contribution < 1.29 is 23.9 Å². The van der Waals surface area contributed by atoms with Gasteiger partial charge in [0, 0.05) is 10.6 Å². The molecule has 0 unspecified atom stereocenters. The van der Waals surface area contributed by atoms with Gasteiger partial charge in [0.15, 0.2) is 6.61 Å². The van der Waals surface area contributed by atoms with Gasteiger partial charge in [0.1, 0.15) is 11.5 Å². The van der Waals surface area contributed by atoms with E-state index in [0.29, 0.717) is 39.3 Å². The summed E-state index contributed by atoms with van der Waals surface area (Å²) in [4.78, 5) is 36.7. The van der Waals surface area contributed by atoms with Crippen molar-refractivity contribution in [3.8, 4) is 11.5 Å². The second-order valence-corrected chi connectivity index (χ2v) is 8.42. The molecule has 0 aliphatic rings. The van der Waals surface area contributed by atoms with E-state index in [9.17, 15) is 14.4 Å². The van der Waals surface area contributed by atoms with Crippen LogP contribution in [0.1, 0.15) is 12.5 Å². The van der Waals surface area contributed by atoms with Crippen LogP contribution in [-0.2, 0) is 14.4 Å². The van der Waals surface area contributed by atoms with Crippen molar-refractivity contribution in [1.29, 1.82) is 0 Å². The largest absolute Gasteiger partial charge is 0.492 e. The highest BCUT2D eigenvalue weighted by atomic mass is 35.5. The second-order valence-electron chi connectivity index (χ2n) is 7.20. The van der Waals surface area contributed by atoms with E-state index in [-0.39, 0.29) is 17.4 Å². The smallest absolute Gasteiger partial charge is 0.329 e. The van der Waals surface area contributed by atoms with Crippen molar-refractivity contribution in [2.24, 2.45) is 5.10 Å². The maximum absolute atomic E-state index is 12.3. The van der Waals surface area contributed by atoms with Crippen LogP contribution in [0.25, 0.3) is 0 Å². The topological polar surface area (TPSA) is 118 Å². The molecule has 0 aliphatic carbocycles. The van der Waals surface area contributed by atoms with E-state index in [1.807, 2.05) is 0 Å². The summed E-state index contributed by atoms with van der Waals surface area (Å²) in [7, 11) is 0. The van der Waals surface area contributed by atoms with Crippen molar-refractivity contribution in [2.75, 3.05) is 23.8 Å². The first-order valence-corrected chi connectivity index (χ1v) is 11.9. The molecule has 3 rings (SSSR count). The molecule has 9 nitrogen and oxygen atoms in total. The van der Waals surface area contributed by atoms with Crippen molar-refractivity contribution >= 4 is 70.1 Å². The van der Waals surface area contributed by atoms with Gasteiger partial charge in [-0.1, -0.05) is 53.0 Å². The molecule has 0 saturated carbocycles. The van der Waals surface area contributed by atoms with E-state index in [4.69, 9.17) is 44.3 Å². The molecule has 0 atom stereocenters. The molecule has 0 spiro atoms. The number of nitrogens with one attached hydrogen (secondary N) is 3. The summed E-state index contributed by atoms with van der Waals surface area (Å²) in [6, 6.07) is 16.1. The summed E-state index contributed by atoms with van der Waals surface area (Å²) in [5.41, 5.74) is 3.16. The van der Waals surface area contributed by atoms with Crippen molar-refractivity contribution in [3.63, 3.8) is 0 Å². The minimum absolute atomic E-state index is 0.206. The van der Waals surface area contributed by atoms with Gasteiger partial charge in [-0.25, -0.2) is 5.43 Å². The van der Waals surface area contributed by atoms with Gasteiger partial charge in [0.2, 0.25) is 0 Å². The SMILES string of the molecule is CCOc1ccccc1NC(=O)C(=O)N/N=C\c1cc(Cl)ccc1OCC(=O)Nc1cccc(Cl)c1Cl. The molecule has 0 fully saturated rings. The number of amides is 3. The number of ether oxygens (including phenoxy) is 2. The molecule has 0 saturated heterocycles. The monoisotopic (exact) mass is 562 g/mol. The van der Waals surface area contributed by atoms with Gasteiger partial charge in [-0.3, -0.25) is 14.4 Å². The average molecular weight is 564 g/mol. The molecule has 3 amide bonds. The van der Waals surface area contributed by atoms with Crippen LogP contribution in [0, 0.1) is 0 Å². The first-order valence-electron chi connectivity index (χ1n) is 10.8. The summed E-state index contributed by atoms with van der Waals surface area (Å²) in [6.07, 6.45) is 1.23. The molecule has 0 radical (unpaired) electrons. The van der Waals surface area contributed by atoms with Gasteiger partial charge in [0.25, 0.3) is 5.91 Å². The highest BCUT2D eigenvalue weighted by Crippen LogP contribution is 2.29. The Hall–Kier alpha value is -3.79. The van der Waals surface area contributed by atoms with Gasteiger partial charge in [-0.05, 0) is 49.4 Å². The van der Waals surface area contributed by atoms with Crippen LogP contribution in [-0.4, -0.2) is 37.1 Å². The highest BCUT2D eigenvalue weighted by molar-refractivity contribution is 6.44. The number of benzene rings is 3. The Balaban J connectivity index is 1.60. The van der Waals surface area contributed by atoms with Crippen LogP contribution < -0.4 is 25.5 Å². The van der Waals surface area contributed by atoms with Crippen LogP contribution in [0.15, 0.2) is 65.8 Å². The molecular formula is C25H21Cl3N4O5. The summed E-state index contributed by atoms with van der Waals surface area (Å²) in [5.74, 6) is -1.76. The minimum atomic E-state index is -1.01. The highest BCUT2D eigenvalue weighted by Gasteiger charge is 2.15. The fourth-order valence-electron chi connectivity index (χ4n) is 2.92. The third-order valence-corrected chi connectivity index (χ3v) is 5.62. The number of carbonyl (C=O) groups is 3. The van der Waals surface area contributed by atoms with Crippen LogP contribution in [0.2, 0.25) is 15.1 Å². The standard InChI is InChI=1S/C25H21Cl3N4O5/c1-2-36-21-9-4-3-7-18(21)31-24(34)25(35)32-29-13-15-12-16(26)10-11-20(15)37-14-22(33)30-19-8-5-6-17(27)23(19)28/h3-13H,2,14H2,1H3,(H,30,33)(H,31,34)(H,32,35)/b29-13-. The third-order valence-electron chi connectivity index (χ3n) is 4.57. The Morgan fingerprint density at radius 2 is 1.62 bits per heavy atom. The molecule has 192 valence electrons. The summed E-state index contributed by atoms with van der Waals surface area (Å²) < 4.78 is 11.0. The summed E-state index contributed by atoms with van der Waals surface area (Å²) in [6.45, 7) is 1.83. The zero-order valence-corrected chi connectivity index (χ0v) is 21.7. The Bertz CT molecular complexity index is 1330. The fourth-order valence-corrected chi connectivity index (χ4v) is 3.45. The van der Waals surface area contributed by atoms with E-state index in [0.717, 1.165) is 0 Å². The van der Waals surface area contributed by atoms with E-state index < -0.39 is 17.7 Å². The Morgan fingerprint density at radius 1 is 0.865 bits per heavy atom. The van der Waals surface area contributed by atoms with Crippen molar-refractivity contribution in [2.45, 2.75) is 6.92 Å². The number of halogens is 3. The van der Waals surface area contributed by atoms with Crippen LogP contribution >= 0.6 is 34.8 Å². The van der Waals surface area contributed by atoms with E-state index in [2.05, 4.69) is 21.2 Å². The van der Waals surface area contributed by atoms with Crippen molar-refractivity contribution in [1.82, 2.24) is 5.43 Å². The third kappa shape index (κ3) is 8.11. The van der Waals surface area contributed by atoms with E-state index in [1.165, 1.54) is 18.3 Å². The molecule has 0 heterocycles. The molecule has 0 bridgehead atoms. The fraction of sp³-hybridized carbons (Fsp3) is 0.120. The molecule has 0 aliphatic heterocycles. The first kappa shape index (κ1) is 27.8. The predicted molar refractivity (Wildman–Crippen MR) is 144 cm³/mol. The van der Waals surface area contributed by atoms with Gasteiger partial charge in [0.05, 0.1) is 34.2 Å². The zero-order valence-electron chi connectivity index (χ0n) is 19.4. The van der Waals surface area contributed by atoms with Crippen LogP contribution in [0.4, 0.5) is 11.4 Å². The normalized spacial score (nSPS) is 10.6. The molecular weight excluding hydrogens is 543 g/mol. The minimum Gasteiger partial charge on any atom is -0.492 e. The van der Waals surface area contributed by atoms with Crippen LogP contribution in [0.3, 0.4) is 0 Å². The second kappa shape index (κ2) is 13.5. The lowest BCUT2D eigenvalue weighted by molar-refractivity contribution is -0.136. The zero-order chi connectivity index (χ0) is 26.8. The lowest BCUT2D eigenvalue weighted by Crippen LogP contribution is -2.32. The Kier molecular flexibility index (Phi) is 10.1. The van der Waals surface area contributed by atoms with Crippen LogP contribution in [0.5, 0.6) is 11.5 Å². The number of hydrazone groups is 1. The number of para-hydroxylation sites is 2. The lowest BCUT2D eigenvalue weighted by Gasteiger charge is -2.11. The first-order chi connectivity index (χ1) is 17.8. The summed E-state index contributed by atoms with van der Waals surface area (Å²) >= 11 is 18.1. The van der Waals surface area contributed by atoms with Gasteiger partial charge in [-0.2, -0.15) is 5.10 Å². The Morgan fingerprint density at radius 3 is 2.41 bits per heavy atom. The maximum Gasteiger partial charge on any atom is 0.329 e. The predicted octanol–water partition coefficient (Wildman–Crippen LogP) is 5.15. The number of carbonyl (C=O) groups excluding carboxylic acids is 3. The van der Waals surface area contributed by atoms with Gasteiger partial charge < -0.3 is 20.1 Å². The quantitative estimate of drug-likeness (QED) is 0.189. The van der Waals surface area contributed by atoms with Gasteiger partial charge in [-0.15, -0.1) is 0 Å². The molecule has 0 aromatic heterocycles. The molecule has 3 aromatic rings. The molecule has 37 heavy (non-hydrogen) atoms.